The molecule has 1 aliphatic rings. The second-order valence-electron chi connectivity index (χ2n) is 5.44. The molecule has 0 amide bonds. The SMILES string of the molecule is CCCN[C@@]1(OCC(C)C)C[C@@](O)(OC)[C@H](O)CO1. The van der Waals surface area contributed by atoms with E-state index in [0.29, 0.717) is 19.1 Å². The van der Waals surface area contributed by atoms with Crippen molar-refractivity contribution in [2.24, 2.45) is 5.92 Å². The Kier molecular flexibility index (Phi) is 6.16. The zero-order valence-electron chi connectivity index (χ0n) is 12.3. The quantitative estimate of drug-likeness (QED) is 0.586. The van der Waals surface area contributed by atoms with Crippen molar-refractivity contribution in [1.82, 2.24) is 5.32 Å². The summed E-state index contributed by atoms with van der Waals surface area (Å²) in [7, 11) is 1.36. The van der Waals surface area contributed by atoms with Gasteiger partial charge in [0.1, 0.15) is 6.10 Å². The number of ether oxygens (including phenoxy) is 3. The number of methoxy groups -OCH3 is 1. The van der Waals surface area contributed by atoms with E-state index in [0.717, 1.165) is 6.42 Å². The predicted octanol–water partition coefficient (Wildman–Crippen LogP) is 0.429. The summed E-state index contributed by atoms with van der Waals surface area (Å²) in [5, 5.41) is 23.2. The minimum atomic E-state index is -1.66. The van der Waals surface area contributed by atoms with Crippen LogP contribution in [0.4, 0.5) is 0 Å². The molecular formula is C13H27NO5. The Labute approximate surface area is 115 Å². The molecule has 1 saturated heterocycles. The minimum Gasteiger partial charge on any atom is -0.385 e. The highest BCUT2D eigenvalue weighted by Gasteiger charge is 2.51. The molecule has 114 valence electrons. The van der Waals surface area contributed by atoms with Gasteiger partial charge >= 0.3 is 0 Å². The van der Waals surface area contributed by atoms with Crippen LogP contribution < -0.4 is 5.32 Å². The van der Waals surface area contributed by atoms with Gasteiger partial charge in [0.05, 0.1) is 19.6 Å². The van der Waals surface area contributed by atoms with Crippen LogP contribution in [0, 0.1) is 5.92 Å². The number of hydrogen-bond acceptors (Lipinski definition) is 6. The maximum Gasteiger partial charge on any atom is 0.232 e. The largest absolute Gasteiger partial charge is 0.385 e. The Morgan fingerprint density at radius 3 is 2.68 bits per heavy atom. The molecular weight excluding hydrogens is 250 g/mol. The van der Waals surface area contributed by atoms with Gasteiger partial charge in [0.2, 0.25) is 11.7 Å². The second-order valence-corrected chi connectivity index (χ2v) is 5.44. The van der Waals surface area contributed by atoms with E-state index in [4.69, 9.17) is 14.2 Å². The molecule has 1 fully saturated rings. The lowest BCUT2D eigenvalue weighted by Gasteiger charge is -2.46. The fourth-order valence-electron chi connectivity index (χ4n) is 1.93. The average molecular weight is 277 g/mol. The molecule has 0 aromatic rings. The van der Waals surface area contributed by atoms with Crippen LogP contribution in [-0.2, 0) is 14.2 Å². The van der Waals surface area contributed by atoms with Crippen molar-refractivity contribution in [2.75, 3.05) is 26.9 Å². The lowest BCUT2D eigenvalue weighted by molar-refractivity contribution is -0.377. The van der Waals surface area contributed by atoms with Gasteiger partial charge in [0.25, 0.3) is 0 Å². The van der Waals surface area contributed by atoms with Crippen LogP contribution in [0.25, 0.3) is 0 Å². The molecule has 0 bridgehead atoms. The van der Waals surface area contributed by atoms with Crippen LogP contribution in [-0.4, -0.2) is 54.9 Å². The summed E-state index contributed by atoms with van der Waals surface area (Å²) in [6.07, 6.45) is -0.161. The van der Waals surface area contributed by atoms with Crippen molar-refractivity contribution in [3.05, 3.63) is 0 Å². The van der Waals surface area contributed by atoms with Crippen molar-refractivity contribution in [3.8, 4) is 0 Å². The molecule has 3 atom stereocenters. The lowest BCUT2D eigenvalue weighted by Crippen LogP contribution is -2.65. The topological polar surface area (TPSA) is 80.2 Å². The normalized spacial score (nSPS) is 35.8. The van der Waals surface area contributed by atoms with Gasteiger partial charge in [-0.2, -0.15) is 0 Å². The van der Waals surface area contributed by atoms with Crippen molar-refractivity contribution < 1.29 is 24.4 Å². The van der Waals surface area contributed by atoms with Crippen LogP contribution in [0.15, 0.2) is 0 Å². The highest BCUT2D eigenvalue weighted by molar-refractivity contribution is 4.89. The molecule has 6 nitrogen and oxygen atoms in total. The predicted molar refractivity (Wildman–Crippen MR) is 70.3 cm³/mol. The smallest absolute Gasteiger partial charge is 0.232 e. The number of rotatable bonds is 7. The van der Waals surface area contributed by atoms with Crippen molar-refractivity contribution >= 4 is 0 Å². The van der Waals surface area contributed by atoms with E-state index in [2.05, 4.69) is 5.32 Å². The second kappa shape index (κ2) is 6.97. The average Bonchev–Trinajstić information content (AvgIpc) is 2.39. The van der Waals surface area contributed by atoms with E-state index in [1.165, 1.54) is 7.11 Å². The summed E-state index contributed by atoms with van der Waals surface area (Å²) >= 11 is 0. The summed E-state index contributed by atoms with van der Waals surface area (Å²) in [4.78, 5) is 0. The van der Waals surface area contributed by atoms with E-state index < -0.39 is 17.8 Å². The fraction of sp³-hybridized carbons (Fsp3) is 1.00. The Hall–Kier alpha value is -0.240. The molecule has 0 unspecified atom stereocenters. The third-order valence-electron chi connectivity index (χ3n) is 3.13. The van der Waals surface area contributed by atoms with Gasteiger partial charge in [-0.05, 0) is 18.9 Å². The molecule has 6 heteroatoms. The van der Waals surface area contributed by atoms with Gasteiger partial charge in [-0.3, -0.25) is 5.32 Å². The van der Waals surface area contributed by atoms with Crippen LogP contribution in [0.3, 0.4) is 0 Å². The standard InChI is InChI=1S/C13H27NO5/c1-5-6-14-13(18-7-10(2)3)9-12(16,17-4)11(15)8-19-13/h10-11,14-16H,5-9H2,1-4H3/t11-,12-,13-/m1/s1. The molecule has 19 heavy (non-hydrogen) atoms. The van der Waals surface area contributed by atoms with Crippen LogP contribution in [0.1, 0.15) is 33.6 Å². The first-order valence-corrected chi connectivity index (χ1v) is 6.86. The Balaban J connectivity index is 2.78. The summed E-state index contributed by atoms with van der Waals surface area (Å²) in [6, 6.07) is 0. The highest BCUT2D eigenvalue weighted by atomic mass is 16.7. The Morgan fingerprint density at radius 2 is 2.16 bits per heavy atom. The summed E-state index contributed by atoms with van der Waals surface area (Å²) in [6.45, 7) is 7.24. The molecule has 1 rings (SSSR count). The highest BCUT2D eigenvalue weighted by Crippen LogP contribution is 2.33. The van der Waals surface area contributed by atoms with E-state index in [-0.39, 0.29) is 13.0 Å². The third kappa shape index (κ3) is 4.37. The molecule has 0 saturated carbocycles. The maximum atomic E-state index is 10.3. The molecule has 0 aromatic carbocycles. The number of aliphatic hydroxyl groups is 2. The van der Waals surface area contributed by atoms with Crippen LogP contribution in [0.5, 0.6) is 0 Å². The van der Waals surface area contributed by atoms with E-state index in [1.807, 2.05) is 20.8 Å². The summed E-state index contributed by atoms with van der Waals surface area (Å²) in [5.41, 5.74) is 0. The van der Waals surface area contributed by atoms with Gasteiger partial charge in [-0.25, -0.2) is 0 Å². The Bertz CT molecular complexity index is 272. The van der Waals surface area contributed by atoms with Gasteiger partial charge in [0.15, 0.2) is 0 Å². The van der Waals surface area contributed by atoms with Gasteiger partial charge < -0.3 is 24.4 Å². The minimum absolute atomic E-state index is 0.0182. The molecule has 3 N–H and O–H groups in total. The van der Waals surface area contributed by atoms with Gasteiger partial charge in [0, 0.05) is 7.11 Å². The van der Waals surface area contributed by atoms with E-state index in [9.17, 15) is 10.2 Å². The first kappa shape index (κ1) is 16.8. The zero-order valence-corrected chi connectivity index (χ0v) is 12.3. The molecule has 0 aromatic heterocycles. The van der Waals surface area contributed by atoms with Crippen LogP contribution in [0.2, 0.25) is 0 Å². The molecule has 0 spiro atoms. The molecule has 1 aliphatic heterocycles. The van der Waals surface area contributed by atoms with Crippen molar-refractivity contribution in [3.63, 3.8) is 0 Å². The van der Waals surface area contributed by atoms with Crippen LogP contribution >= 0.6 is 0 Å². The zero-order chi connectivity index (χ0) is 14.5. The third-order valence-corrected chi connectivity index (χ3v) is 3.13. The lowest BCUT2D eigenvalue weighted by atomic mass is 10.0. The maximum absolute atomic E-state index is 10.3. The number of nitrogens with one attached hydrogen (secondary N) is 1. The van der Waals surface area contributed by atoms with Gasteiger partial charge in [-0.1, -0.05) is 20.8 Å². The summed E-state index contributed by atoms with van der Waals surface area (Å²) in [5.74, 6) is -2.42. The first-order valence-electron chi connectivity index (χ1n) is 6.86. The fourth-order valence-corrected chi connectivity index (χ4v) is 1.93. The number of aliphatic hydroxyl groups excluding tert-OH is 1. The molecule has 0 radical (unpaired) electrons. The monoisotopic (exact) mass is 277 g/mol. The Morgan fingerprint density at radius 1 is 1.47 bits per heavy atom. The number of hydrogen-bond donors (Lipinski definition) is 3. The van der Waals surface area contributed by atoms with Crippen molar-refractivity contribution in [2.45, 2.75) is 51.4 Å². The van der Waals surface area contributed by atoms with Gasteiger partial charge in [-0.15, -0.1) is 0 Å². The first-order chi connectivity index (χ1) is 8.87. The van der Waals surface area contributed by atoms with E-state index in [1.54, 1.807) is 0 Å². The van der Waals surface area contributed by atoms with Crippen molar-refractivity contribution in [1.29, 1.82) is 0 Å². The molecule has 1 heterocycles. The van der Waals surface area contributed by atoms with E-state index >= 15 is 0 Å². The molecule has 0 aliphatic carbocycles. The summed E-state index contributed by atoms with van der Waals surface area (Å²) < 4.78 is 16.4.